The Morgan fingerprint density at radius 3 is 2.00 bits per heavy atom. The third-order valence-electron chi connectivity index (χ3n) is 9.85. The molecule has 2 spiro atoms. The van der Waals surface area contributed by atoms with Crippen molar-refractivity contribution in [3.8, 4) is 0 Å². The van der Waals surface area contributed by atoms with Crippen molar-refractivity contribution in [3.05, 3.63) is 0 Å². The Morgan fingerprint density at radius 2 is 1.46 bits per heavy atom. The fourth-order valence-corrected chi connectivity index (χ4v) is 9.06. The molecule has 0 radical (unpaired) electrons. The normalized spacial score (nSPS) is 30.6. The van der Waals surface area contributed by atoms with Crippen molar-refractivity contribution < 1.29 is 14.3 Å². The molecule has 2 aliphatic heterocycles. The van der Waals surface area contributed by atoms with Crippen molar-refractivity contribution in [2.24, 2.45) is 16.4 Å². The first kappa shape index (κ1) is 32.4. The molecule has 2 saturated heterocycles. The summed E-state index contributed by atoms with van der Waals surface area (Å²) in [6.07, 6.45) is 17.2. The molecule has 0 aromatic rings. The molecule has 41 heavy (non-hydrogen) atoms. The van der Waals surface area contributed by atoms with Crippen LogP contribution in [-0.2, 0) is 14.3 Å². The zero-order valence-electron chi connectivity index (χ0n) is 27.4. The van der Waals surface area contributed by atoms with Gasteiger partial charge in [-0.2, -0.15) is 5.10 Å². The monoisotopic (exact) mass is 572 g/mol. The third kappa shape index (κ3) is 8.34. The van der Waals surface area contributed by atoms with Crippen molar-refractivity contribution in [1.29, 1.82) is 0 Å². The number of hydrogen-bond acceptors (Lipinski definition) is 5. The van der Waals surface area contributed by atoms with Crippen LogP contribution in [0.1, 0.15) is 158 Å². The van der Waals surface area contributed by atoms with Gasteiger partial charge >= 0.3 is 0 Å². The van der Waals surface area contributed by atoms with Gasteiger partial charge in [0, 0.05) is 42.6 Å². The van der Waals surface area contributed by atoms with Gasteiger partial charge in [-0.3, -0.25) is 9.59 Å². The lowest BCUT2D eigenvalue weighted by Gasteiger charge is -2.50. The molecule has 7 heteroatoms. The predicted molar refractivity (Wildman–Crippen MR) is 167 cm³/mol. The number of nitrogens with zero attached hydrogens (tertiary/aromatic N) is 2. The summed E-state index contributed by atoms with van der Waals surface area (Å²) in [5.41, 5.74) is 2.22. The fraction of sp³-hybridized carbons (Fsp3) is 0.912. The lowest BCUT2D eigenvalue weighted by Crippen LogP contribution is -2.65. The molecule has 4 fully saturated rings. The summed E-state index contributed by atoms with van der Waals surface area (Å²) >= 11 is 0. The zero-order chi connectivity index (χ0) is 29.9. The average Bonchev–Trinajstić information content (AvgIpc) is 3.01. The van der Waals surface area contributed by atoms with E-state index in [1.54, 1.807) is 0 Å². The molecule has 0 aromatic carbocycles. The van der Waals surface area contributed by atoms with E-state index in [1.807, 2.05) is 4.90 Å². The number of rotatable bonds is 4. The summed E-state index contributed by atoms with van der Waals surface area (Å²) in [6.45, 7) is 15.9. The summed E-state index contributed by atoms with van der Waals surface area (Å²) in [4.78, 5) is 29.7. The van der Waals surface area contributed by atoms with E-state index >= 15 is 0 Å². The Kier molecular flexibility index (Phi) is 10.0. The Bertz CT molecular complexity index is 941. The van der Waals surface area contributed by atoms with Gasteiger partial charge in [0.05, 0.1) is 0 Å². The Labute approximate surface area is 250 Å². The van der Waals surface area contributed by atoms with Gasteiger partial charge in [0.25, 0.3) is 5.91 Å². The lowest BCUT2D eigenvalue weighted by molar-refractivity contribution is -0.176. The molecule has 234 valence electrons. The number of piperidine rings is 1. The quantitative estimate of drug-likeness (QED) is 0.348. The fourth-order valence-electron chi connectivity index (χ4n) is 9.06. The van der Waals surface area contributed by atoms with Crippen molar-refractivity contribution in [2.45, 2.75) is 180 Å². The largest absolute Gasteiger partial charge is 0.339 e. The molecule has 4 rings (SSSR count). The van der Waals surface area contributed by atoms with Crippen LogP contribution < -0.4 is 10.7 Å². The molecule has 2 aliphatic carbocycles. The number of hydrogen-bond donors (Lipinski definition) is 2. The highest BCUT2D eigenvalue weighted by Gasteiger charge is 2.64. The van der Waals surface area contributed by atoms with Crippen molar-refractivity contribution >= 4 is 17.5 Å². The highest BCUT2D eigenvalue weighted by atomic mass is 16.6. The lowest BCUT2D eigenvalue weighted by atomic mass is 9.72. The van der Waals surface area contributed by atoms with E-state index in [0.717, 1.165) is 44.2 Å². The summed E-state index contributed by atoms with van der Waals surface area (Å²) in [6, 6.07) is 0. The van der Waals surface area contributed by atoms with Crippen LogP contribution in [0.4, 0.5) is 0 Å². The molecule has 1 unspecified atom stereocenters. The molecule has 4 aliphatic rings. The zero-order valence-corrected chi connectivity index (χ0v) is 27.4. The van der Waals surface area contributed by atoms with Crippen LogP contribution in [0, 0.1) is 11.3 Å². The number of carbonyl (C=O) groups is 2. The minimum Gasteiger partial charge on any atom is -0.339 e. The van der Waals surface area contributed by atoms with E-state index in [9.17, 15) is 9.59 Å². The molecule has 0 aromatic heterocycles. The molecule has 2 amide bonds. The first-order valence-electron chi connectivity index (χ1n) is 16.8. The Morgan fingerprint density at radius 1 is 0.927 bits per heavy atom. The van der Waals surface area contributed by atoms with Crippen LogP contribution in [0.15, 0.2) is 5.10 Å². The second-order valence-corrected chi connectivity index (χ2v) is 16.2. The van der Waals surface area contributed by atoms with Crippen LogP contribution in [-0.4, -0.2) is 51.4 Å². The molecule has 2 N–H and O–H groups in total. The topological polar surface area (TPSA) is 83.0 Å². The van der Waals surface area contributed by atoms with Crippen molar-refractivity contribution in [2.75, 3.05) is 6.54 Å². The first-order chi connectivity index (χ1) is 19.2. The number of hydrazone groups is 1. The van der Waals surface area contributed by atoms with E-state index in [4.69, 9.17) is 4.74 Å². The molecule has 0 bridgehead atoms. The molecule has 2 saturated carbocycles. The van der Waals surface area contributed by atoms with E-state index in [2.05, 4.69) is 64.3 Å². The maximum Gasteiger partial charge on any atom is 0.257 e. The van der Waals surface area contributed by atoms with Gasteiger partial charge in [-0.1, -0.05) is 65.7 Å². The van der Waals surface area contributed by atoms with Crippen LogP contribution in [0.25, 0.3) is 0 Å². The van der Waals surface area contributed by atoms with Crippen molar-refractivity contribution in [3.63, 3.8) is 0 Å². The molecular formula is C34H60N4O3. The summed E-state index contributed by atoms with van der Waals surface area (Å²) < 4.78 is 7.22. The third-order valence-corrected chi connectivity index (χ3v) is 9.85. The highest BCUT2D eigenvalue weighted by molar-refractivity contribution is 5.90. The number of nitrogens with one attached hydrogen (secondary N) is 2. The second kappa shape index (κ2) is 12.6. The van der Waals surface area contributed by atoms with E-state index in [0.29, 0.717) is 25.3 Å². The van der Waals surface area contributed by atoms with Gasteiger partial charge in [-0.05, 0) is 84.0 Å². The Hall–Kier alpha value is -1.47. The van der Waals surface area contributed by atoms with Crippen molar-refractivity contribution in [1.82, 2.24) is 15.6 Å². The first-order valence-corrected chi connectivity index (χ1v) is 16.8. The molecular weight excluding hydrogens is 512 g/mol. The van der Waals surface area contributed by atoms with Gasteiger partial charge in [0.15, 0.2) is 5.60 Å². The molecule has 1 atom stereocenters. The standard InChI is InChI=1S/C34H60N4O3/c1-26-21-27(23-30(2,3)22-26)35-36-28(39)17-20-38-29(40)33(24-31(4,5)37-32(6,7)25-33)41-34(38)18-15-13-11-9-8-10-12-14-16-19-34/h26,37H,8-25H2,1-7H3,(H,36,39). The average molecular weight is 573 g/mol. The van der Waals surface area contributed by atoms with E-state index < -0.39 is 11.3 Å². The summed E-state index contributed by atoms with van der Waals surface area (Å²) in [7, 11) is 0. The predicted octanol–water partition coefficient (Wildman–Crippen LogP) is 7.23. The van der Waals surface area contributed by atoms with E-state index in [-0.39, 0.29) is 34.7 Å². The smallest absolute Gasteiger partial charge is 0.257 e. The van der Waals surface area contributed by atoms with Crippen LogP contribution in [0.3, 0.4) is 0 Å². The van der Waals surface area contributed by atoms with Crippen LogP contribution in [0.2, 0.25) is 0 Å². The second-order valence-electron chi connectivity index (χ2n) is 16.2. The van der Waals surface area contributed by atoms with Gasteiger partial charge < -0.3 is 15.0 Å². The van der Waals surface area contributed by atoms with Crippen LogP contribution in [0.5, 0.6) is 0 Å². The minimum absolute atomic E-state index is 0.0919. The maximum atomic E-state index is 14.5. The van der Waals surface area contributed by atoms with E-state index in [1.165, 1.54) is 51.4 Å². The van der Waals surface area contributed by atoms with Gasteiger partial charge in [-0.25, -0.2) is 5.43 Å². The van der Waals surface area contributed by atoms with Crippen LogP contribution >= 0.6 is 0 Å². The number of ether oxygens (including phenoxy) is 1. The number of amides is 2. The number of carbonyl (C=O) groups excluding carboxylic acids is 2. The highest BCUT2D eigenvalue weighted by Crippen LogP contribution is 2.51. The van der Waals surface area contributed by atoms with Gasteiger partial charge in [-0.15, -0.1) is 0 Å². The summed E-state index contributed by atoms with van der Waals surface area (Å²) in [5, 5.41) is 8.31. The minimum atomic E-state index is -0.851. The molecule has 2 heterocycles. The molecule has 7 nitrogen and oxygen atoms in total. The summed E-state index contributed by atoms with van der Waals surface area (Å²) in [5.74, 6) is 0.551. The van der Waals surface area contributed by atoms with Gasteiger partial charge in [0.2, 0.25) is 5.91 Å². The SMILES string of the molecule is CC1CC(=NNC(=O)CCN2C(=O)C3(CC(C)(C)NC(C)(C)C3)OC23CCCCCCCCCCC3)CC(C)(C)C1. The Balaban J connectivity index is 1.54. The maximum absolute atomic E-state index is 14.5. The van der Waals surface area contributed by atoms with Gasteiger partial charge in [0.1, 0.15) is 5.72 Å².